The van der Waals surface area contributed by atoms with Crippen LogP contribution in [0.15, 0.2) is 0 Å². The zero-order valence-electron chi connectivity index (χ0n) is 14.2. The van der Waals surface area contributed by atoms with Gasteiger partial charge in [-0.25, -0.2) is 9.97 Å². The lowest BCUT2D eigenvalue weighted by molar-refractivity contribution is 0.473. The smallest absolute Gasteiger partial charge is 0.225 e. The summed E-state index contributed by atoms with van der Waals surface area (Å²) >= 11 is 0. The van der Waals surface area contributed by atoms with Crippen molar-refractivity contribution in [2.75, 3.05) is 24.5 Å². The van der Waals surface area contributed by atoms with E-state index < -0.39 is 0 Å². The molecule has 1 aromatic rings. The zero-order valence-corrected chi connectivity index (χ0v) is 14.2. The molecule has 0 amide bonds. The van der Waals surface area contributed by atoms with Gasteiger partial charge >= 0.3 is 0 Å². The van der Waals surface area contributed by atoms with Gasteiger partial charge in [-0.3, -0.25) is 0 Å². The molecule has 2 rings (SSSR count). The standard InChI is InChI=1S/C17H30N4/c1-12(2)18-11-13(3)10-16-14(4)19-17(20-15(16)5)21-8-6-7-9-21/h12-13,18H,6-11H2,1-5H3. The lowest BCUT2D eigenvalue weighted by Crippen LogP contribution is -2.29. The fourth-order valence-electron chi connectivity index (χ4n) is 2.93. The van der Waals surface area contributed by atoms with Gasteiger partial charge in [0.05, 0.1) is 0 Å². The van der Waals surface area contributed by atoms with Crippen LogP contribution in [0, 0.1) is 19.8 Å². The van der Waals surface area contributed by atoms with Crippen LogP contribution in [0.25, 0.3) is 0 Å². The molecule has 1 N–H and O–H groups in total. The molecule has 1 aliphatic heterocycles. The summed E-state index contributed by atoms with van der Waals surface area (Å²) in [7, 11) is 0. The maximum Gasteiger partial charge on any atom is 0.225 e. The molecule has 0 radical (unpaired) electrons. The van der Waals surface area contributed by atoms with Crippen LogP contribution in [-0.2, 0) is 6.42 Å². The highest BCUT2D eigenvalue weighted by Crippen LogP contribution is 2.21. The minimum atomic E-state index is 0.545. The van der Waals surface area contributed by atoms with Crippen LogP contribution in [0.2, 0.25) is 0 Å². The Kier molecular flexibility index (Phi) is 5.57. The van der Waals surface area contributed by atoms with Crippen LogP contribution in [0.5, 0.6) is 0 Å². The number of nitrogens with one attached hydrogen (secondary N) is 1. The van der Waals surface area contributed by atoms with Gasteiger partial charge in [-0.1, -0.05) is 20.8 Å². The molecule has 1 atom stereocenters. The van der Waals surface area contributed by atoms with Gasteiger partial charge in [0.1, 0.15) is 0 Å². The van der Waals surface area contributed by atoms with Crippen molar-refractivity contribution in [3.8, 4) is 0 Å². The highest BCUT2D eigenvalue weighted by Gasteiger charge is 2.18. The molecule has 118 valence electrons. The highest BCUT2D eigenvalue weighted by molar-refractivity contribution is 5.37. The number of anilines is 1. The van der Waals surface area contributed by atoms with E-state index in [2.05, 4.69) is 44.8 Å². The van der Waals surface area contributed by atoms with Gasteiger partial charge in [0.2, 0.25) is 5.95 Å². The van der Waals surface area contributed by atoms with E-state index in [0.717, 1.165) is 43.4 Å². The van der Waals surface area contributed by atoms with Gasteiger partial charge in [-0.2, -0.15) is 0 Å². The van der Waals surface area contributed by atoms with Crippen molar-refractivity contribution >= 4 is 5.95 Å². The zero-order chi connectivity index (χ0) is 15.4. The van der Waals surface area contributed by atoms with Crippen molar-refractivity contribution in [2.24, 2.45) is 5.92 Å². The van der Waals surface area contributed by atoms with Crippen LogP contribution < -0.4 is 10.2 Å². The molecule has 1 aliphatic rings. The first-order valence-corrected chi connectivity index (χ1v) is 8.29. The van der Waals surface area contributed by atoms with E-state index >= 15 is 0 Å². The summed E-state index contributed by atoms with van der Waals surface area (Å²) in [5.41, 5.74) is 3.64. The average Bonchev–Trinajstić information content (AvgIpc) is 2.94. The van der Waals surface area contributed by atoms with Gasteiger partial charge < -0.3 is 10.2 Å². The molecule has 0 saturated carbocycles. The van der Waals surface area contributed by atoms with Crippen molar-refractivity contribution in [3.05, 3.63) is 17.0 Å². The average molecular weight is 290 g/mol. The second-order valence-electron chi connectivity index (χ2n) is 6.74. The van der Waals surface area contributed by atoms with Crippen molar-refractivity contribution in [1.29, 1.82) is 0 Å². The van der Waals surface area contributed by atoms with Crippen LogP contribution in [0.4, 0.5) is 5.95 Å². The molecular weight excluding hydrogens is 260 g/mol. The van der Waals surface area contributed by atoms with E-state index in [1.165, 1.54) is 18.4 Å². The molecule has 0 aromatic carbocycles. The van der Waals surface area contributed by atoms with Crippen molar-refractivity contribution < 1.29 is 0 Å². The monoisotopic (exact) mass is 290 g/mol. The van der Waals surface area contributed by atoms with E-state index in [-0.39, 0.29) is 0 Å². The molecule has 0 bridgehead atoms. The Labute approximate surface area is 129 Å². The Morgan fingerprint density at radius 2 is 1.62 bits per heavy atom. The van der Waals surface area contributed by atoms with E-state index in [1.54, 1.807) is 0 Å². The first kappa shape index (κ1) is 16.2. The van der Waals surface area contributed by atoms with Crippen molar-refractivity contribution in [1.82, 2.24) is 15.3 Å². The molecule has 2 heterocycles. The number of aromatic nitrogens is 2. The first-order chi connectivity index (χ1) is 9.97. The van der Waals surface area contributed by atoms with Crippen LogP contribution in [0.1, 0.15) is 50.6 Å². The Bertz CT molecular complexity index is 441. The van der Waals surface area contributed by atoms with E-state index in [9.17, 15) is 0 Å². The van der Waals surface area contributed by atoms with Gasteiger partial charge in [-0.05, 0) is 51.1 Å². The Hall–Kier alpha value is -1.16. The lowest BCUT2D eigenvalue weighted by atomic mass is 9.98. The molecular formula is C17H30N4. The number of hydrogen-bond acceptors (Lipinski definition) is 4. The van der Waals surface area contributed by atoms with Gasteiger partial charge in [0.15, 0.2) is 0 Å². The Morgan fingerprint density at radius 1 is 1.05 bits per heavy atom. The highest BCUT2D eigenvalue weighted by atomic mass is 15.3. The summed E-state index contributed by atoms with van der Waals surface area (Å²) in [6, 6.07) is 0.545. The van der Waals surface area contributed by atoms with Crippen molar-refractivity contribution in [3.63, 3.8) is 0 Å². The summed E-state index contributed by atoms with van der Waals surface area (Å²) in [5.74, 6) is 1.53. The van der Waals surface area contributed by atoms with Crippen molar-refractivity contribution in [2.45, 2.75) is 59.9 Å². The summed E-state index contributed by atoms with van der Waals surface area (Å²) in [4.78, 5) is 11.8. The molecule has 0 aliphatic carbocycles. The summed E-state index contributed by atoms with van der Waals surface area (Å²) in [5, 5.41) is 3.51. The largest absolute Gasteiger partial charge is 0.341 e. The van der Waals surface area contributed by atoms with E-state index in [4.69, 9.17) is 9.97 Å². The Morgan fingerprint density at radius 3 is 2.14 bits per heavy atom. The van der Waals surface area contributed by atoms with E-state index in [1.807, 2.05) is 0 Å². The fourth-order valence-corrected chi connectivity index (χ4v) is 2.93. The second kappa shape index (κ2) is 7.21. The summed E-state index contributed by atoms with van der Waals surface area (Å²) < 4.78 is 0. The fraction of sp³-hybridized carbons (Fsp3) is 0.765. The maximum atomic E-state index is 4.76. The third-order valence-electron chi connectivity index (χ3n) is 4.22. The molecule has 1 fully saturated rings. The second-order valence-corrected chi connectivity index (χ2v) is 6.74. The predicted octanol–water partition coefficient (Wildman–Crippen LogP) is 2.87. The van der Waals surface area contributed by atoms with Crippen LogP contribution in [-0.4, -0.2) is 35.6 Å². The predicted molar refractivity (Wildman–Crippen MR) is 89.0 cm³/mol. The lowest BCUT2D eigenvalue weighted by Gasteiger charge is -2.20. The van der Waals surface area contributed by atoms with E-state index in [0.29, 0.717) is 12.0 Å². The molecule has 1 unspecified atom stereocenters. The summed E-state index contributed by atoms with van der Waals surface area (Å²) in [6.45, 7) is 14.2. The number of hydrogen-bond donors (Lipinski definition) is 1. The molecule has 4 nitrogen and oxygen atoms in total. The minimum absolute atomic E-state index is 0.545. The molecule has 1 aromatic heterocycles. The molecule has 0 spiro atoms. The third kappa shape index (κ3) is 4.40. The van der Waals surface area contributed by atoms with Gasteiger partial charge in [0, 0.05) is 30.5 Å². The number of rotatable bonds is 6. The molecule has 21 heavy (non-hydrogen) atoms. The first-order valence-electron chi connectivity index (χ1n) is 8.29. The number of aryl methyl sites for hydroxylation is 2. The molecule has 1 saturated heterocycles. The minimum Gasteiger partial charge on any atom is -0.341 e. The SMILES string of the molecule is Cc1nc(N2CCCC2)nc(C)c1CC(C)CNC(C)C. The maximum absolute atomic E-state index is 4.76. The number of nitrogens with zero attached hydrogens (tertiary/aromatic N) is 3. The topological polar surface area (TPSA) is 41.1 Å². The van der Waals surface area contributed by atoms with Crippen LogP contribution in [0.3, 0.4) is 0 Å². The van der Waals surface area contributed by atoms with Crippen LogP contribution >= 0.6 is 0 Å². The van der Waals surface area contributed by atoms with Gasteiger partial charge in [-0.15, -0.1) is 0 Å². The van der Waals surface area contributed by atoms with Gasteiger partial charge in [0.25, 0.3) is 0 Å². The molecule has 4 heteroatoms. The Balaban J connectivity index is 2.06. The quantitative estimate of drug-likeness (QED) is 0.874. The summed E-state index contributed by atoms with van der Waals surface area (Å²) in [6.07, 6.45) is 3.58. The normalized spacial score (nSPS) is 16.8. The third-order valence-corrected chi connectivity index (χ3v) is 4.22.